The van der Waals surface area contributed by atoms with E-state index in [9.17, 15) is 0 Å². The maximum atomic E-state index is 8.06. The molecule has 3 aromatic carbocycles. The van der Waals surface area contributed by atoms with Gasteiger partial charge in [-0.3, -0.25) is 4.98 Å². The number of fused-ring (bicyclic) bond motifs is 3. The molecule has 0 spiro atoms. The zero-order valence-corrected chi connectivity index (χ0v) is 16.4. The predicted molar refractivity (Wildman–Crippen MR) is 126 cm³/mol. The van der Waals surface area contributed by atoms with Crippen LogP contribution in [0.1, 0.15) is 44.0 Å². The van der Waals surface area contributed by atoms with E-state index >= 15 is 0 Å². The average Bonchev–Trinajstić information content (AvgIpc) is 3.22. The van der Waals surface area contributed by atoms with Crippen LogP contribution < -0.4 is 0 Å². The molecule has 0 saturated heterocycles. The maximum Gasteiger partial charge on any atom is 0.145 e. The Morgan fingerprint density at radius 3 is 2.50 bits per heavy atom. The molecule has 2 heterocycles. The highest BCUT2D eigenvalue weighted by Crippen LogP contribution is 2.39. The first kappa shape index (κ1) is 11.1. The van der Waals surface area contributed by atoms with Gasteiger partial charge in [0.05, 0.1) is 5.69 Å². The van der Waals surface area contributed by atoms with E-state index in [2.05, 4.69) is 4.98 Å². The molecule has 148 valence electrons. The molecule has 0 fully saturated rings. The Kier molecular flexibility index (Phi) is 2.54. The summed E-state index contributed by atoms with van der Waals surface area (Å²) < 4.78 is 78.9. The fourth-order valence-corrected chi connectivity index (χ4v) is 3.87. The van der Waals surface area contributed by atoms with Gasteiger partial charge in [0.2, 0.25) is 0 Å². The van der Waals surface area contributed by atoms with Crippen LogP contribution in [0, 0.1) is 6.92 Å². The number of nitrogens with zero attached hydrogens (tertiary/aromatic N) is 1. The molecule has 0 aliphatic heterocycles. The molecule has 2 nitrogen and oxygen atoms in total. The van der Waals surface area contributed by atoms with Crippen molar-refractivity contribution in [3.8, 4) is 22.4 Å². The molecule has 0 atom stereocenters. The van der Waals surface area contributed by atoms with Crippen molar-refractivity contribution >= 4 is 21.9 Å². The number of aryl methyl sites for hydroxylation is 1. The number of pyridine rings is 1. The van der Waals surface area contributed by atoms with Gasteiger partial charge < -0.3 is 4.42 Å². The fraction of sp³-hybridized carbons (Fsp3) is 0.179. The Morgan fingerprint density at radius 2 is 1.70 bits per heavy atom. The van der Waals surface area contributed by atoms with E-state index < -0.39 is 26.0 Å². The summed E-state index contributed by atoms with van der Waals surface area (Å²) in [7, 11) is 0. The van der Waals surface area contributed by atoms with E-state index in [1.807, 2.05) is 61.5 Å². The van der Waals surface area contributed by atoms with Gasteiger partial charge in [-0.25, -0.2) is 0 Å². The minimum absolute atomic E-state index is 0.210. The standard InChI is InChI=1S/C28H25NO/c1-18-10-12-22(24-17-21(14-15-29-24)28(2,3)4)27-26(18)23-13-11-20(16-25(23)30-27)19-8-6-5-7-9-19/h5-17H,1-4H3/i2D3,3D3,4D3. The molecular weight excluding hydrogens is 366 g/mol. The Balaban J connectivity index is 1.76. The lowest BCUT2D eigenvalue weighted by Crippen LogP contribution is -2.11. The molecule has 5 aromatic rings. The third kappa shape index (κ3) is 3.09. The quantitative estimate of drug-likeness (QED) is 0.301. The van der Waals surface area contributed by atoms with E-state index in [0.717, 1.165) is 33.5 Å². The molecule has 2 aromatic heterocycles. The third-order valence-electron chi connectivity index (χ3n) is 5.41. The second kappa shape index (κ2) is 6.84. The Bertz CT molecular complexity index is 1640. The lowest BCUT2D eigenvalue weighted by atomic mass is 9.87. The van der Waals surface area contributed by atoms with E-state index in [1.165, 1.54) is 12.3 Å². The van der Waals surface area contributed by atoms with Crippen LogP contribution in [0.5, 0.6) is 0 Å². The molecule has 0 aliphatic carbocycles. The van der Waals surface area contributed by atoms with Gasteiger partial charge in [-0.2, -0.15) is 0 Å². The summed E-state index contributed by atoms with van der Waals surface area (Å²) >= 11 is 0. The summed E-state index contributed by atoms with van der Waals surface area (Å²) in [5.74, 6) is 0. The summed E-state index contributed by atoms with van der Waals surface area (Å²) in [6.07, 6.45) is 1.24. The smallest absolute Gasteiger partial charge is 0.145 e. The summed E-state index contributed by atoms with van der Waals surface area (Å²) in [6.45, 7) is -8.15. The first-order chi connectivity index (χ1) is 18.2. The van der Waals surface area contributed by atoms with Gasteiger partial charge in [0, 0.05) is 34.9 Å². The van der Waals surface area contributed by atoms with Crippen molar-refractivity contribution in [1.82, 2.24) is 4.98 Å². The first-order valence-corrected chi connectivity index (χ1v) is 9.65. The molecule has 0 saturated carbocycles. The highest BCUT2D eigenvalue weighted by Gasteiger charge is 2.18. The van der Waals surface area contributed by atoms with Gasteiger partial charge in [-0.15, -0.1) is 0 Å². The Hall–Kier alpha value is -3.39. The van der Waals surface area contributed by atoms with E-state index in [1.54, 1.807) is 6.07 Å². The highest BCUT2D eigenvalue weighted by molar-refractivity contribution is 6.11. The minimum atomic E-state index is -3.36. The van der Waals surface area contributed by atoms with Crippen molar-refractivity contribution in [3.05, 3.63) is 90.1 Å². The van der Waals surface area contributed by atoms with Gasteiger partial charge in [0.1, 0.15) is 11.2 Å². The largest absolute Gasteiger partial charge is 0.455 e. The zero-order valence-electron chi connectivity index (χ0n) is 25.4. The van der Waals surface area contributed by atoms with Crippen molar-refractivity contribution in [2.45, 2.75) is 32.9 Å². The van der Waals surface area contributed by atoms with Crippen LogP contribution in [0.25, 0.3) is 44.3 Å². The number of hydrogen-bond acceptors (Lipinski definition) is 2. The van der Waals surface area contributed by atoms with Crippen molar-refractivity contribution in [2.75, 3.05) is 0 Å². The molecule has 2 heteroatoms. The van der Waals surface area contributed by atoms with E-state index in [0.29, 0.717) is 16.7 Å². The molecule has 0 unspecified atom stereocenters. The number of aromatic nitrogens is 1. The van der Waals surface area contributed by atoms with Crippen LogP contribution in [0.4, 0.5) is 0 Å². The molecule has 5 rings (SSSR count). The van der Waals surface area contributed by atoms with Crippen LogP contribution in [-0.4, -0.2) is 4.98 Å². The van der Waals surface area contributed by atoms with Gasteiger partial charge in [-0.05, 0) is 64.9 Å². The maximum absolute atomic E-state index is 8.06. The topological polar surface area (TPSA) is 26.0 Å². The summed E-state index contributed by atoms with van der Waals surface area (Å²) in [6, 6.07) is 21.8. The molecule has 0 amide bonds. The van der Waals surface area contributed by atoms with Crippen molar-refractivity contribution in [1.29, 1.82) is 0 Å². The molecular formula is C28H25NO. The third-order valence-corrected chi connectivity index (χ3v) is 5.41. The van der Waals surface area contributed by atoms with E-state index in [-0.39, 0.29) is 11.3 Å². The fourth-order valence-electron chi connectivity index (χ4n) is 3.87. The predicted octanol–water partition coefficient (Wildman–Crippen LogP) is 7.92. The molecule has 0 N–H and O–H groups in total. The lowest BCUT2D eigenvalue weighted by molar-refractivity contribution is 0.589. The monoisotopic (exact) mass is 400 g/mol. The van der Waals surface area contributed by atoms with Crippen LogP contribution >= 0.6 is 0 Å². The van der Waals surface area contributed by atoms with Gasteiger partial charge in [0.15, 0.2) is 0 Å². The molecule has 0 bridgehead atoms. The second-order valence-corrected chi connectivity index (χ2v) is 7.49. The zero-order chi connectivity index (χ0) is 28.4. The lowest BCUT2D eigenvalue weighted by Gasteiger charge is -2.19. The number of benzene rings is 3. The first-order valence-electron chi connectivity index (χ1n) is 14.1. The molecule has 0 aliphatic rings. The Morgan fingerprint density at radius 1 is 0.867 bits per heavy atom. The van der Waals surface area contributed by atoms with Crippen molar-refractivity contribution in [3.63, 3.8) is 0 Å². The summed E-state index contributed by atoms with van der Waals surface area (Å²) in [5.41, 5.74) is 1.30. The number of furan rings is 1. The van der Waals surface area contributed by atoms with E-state index in [4.69, 9.17) is 16.8 Å². The Labute approximate surface area is 189 Å². The van der Waals surface area contributed by atoms with Crippen molar-refractivity contribution in [2.24, 2.45) is 0 Å². The second-order valence-electron chi connectivity index (χ2n) is 7.49. The normalized spacial score (nSPS) is 17.7. The number of rotatable bonds is 2. The van der Waals surface area contributed by atoms with Crippen LogP contribution in [0.3, 0.4) is 0 Å². The average molecular weight is 401 g/mol. The molecule has 30 heavy (non-hydrogen) atoms. The SMILES string of the molecule is [2H]C([2H])([2H])C(c1ccnc(-c2ccc(C)c3c2oc2cc(-c4ccccc4)ccc23)c1)(C([2H])([2H])[2H])C([2H])([2H])[2H]. The minimum Gasteiger partial charge on any atom is -0.455 e. The molecule has 0 radical (unpaired) electrons. The highest BCUT2D eigenvalue weighted by atomic mass is 16.3. The van der Waals surface area contributed by atoms with Gasteiger partial charge >= 0.3 is 0 Å². The van der Waals surface area contributed by atoms with Crippen molar-refractivity contribution < 1.29 is 16.8 Å². The summed E-state index contributed by atoms with van der Waals surface area (Å²) in [4.78, 5) is 4.37. The van der Waals surface area contributed by atoms with Crippen LogP contribution in [-0.2, 0) is 5.41 Å². The van der Waals surface area contributed by atoms with Crippen LogP contribution in [0.15, 0.2) is 83.4 Å². The number of hydrogen-bond donors (Lipinski definition) is 0. The summed E-state index contributed by atoms with van der Waals surface area (Å²) in [5, 5.41) is 1.71. The van der Waals surface area contributed by atoms with Gasteiger partial charge in [0.25, 0.3) is 0 Å². The van der Waals surface area contributed by atoms with Gasteiger partial charge in [-0.1, -0.05) is 63.0 Å². The van der Waals surface area contributed by atoms with Crippen LogP contribution in [0.2, 0.25) is 0 Å².